The number of nitrogens with zero attached hydrogens (tertiary/aromatic N) is 1. The summed E-state index contributed by atoms with van der Waals surface area (Å²) in [5.41, 5.74) is 2.60. The van der Waals surface area contributed by atoms with E-state index in [0.29, 0.717) is 0 Å². The van der Waals surface area contributed by atoms with Crippen LogP contribution in [0.1, 0.15) is 18.1 Å². The first kappa shape index (κ1) is 13.4. The average Bonchev–Trinajstić information content (AvgIpc) is 2.42. The summed E-state index contributed by atoms with van der Waals surface area (Å²) in [4.78, 5) is 2.39. The molecule has 1 heterocycles. The molecule has 1 aromatic carbocycles. The van der Waals surface area contributed by atoms with Crippen molar-refractivity contribution in [2.45, 2.75) is 20.3 Å². The van der Waals surface area contributed by atoms with E-state index < -0.39 is 0 Å². The highest BCUT2D eigenvalue weighted by Gasteiger charge is 2.10. The van der Waals surface area contributed by atoms with Crippen LogP contribution in [0.5, 0.6) is 5.75 Å². The lowest BCUT2D eigenvalue weighted by atomic mass is 10.1. The Morgan fingerprint density at radius 3 is 2.72 bits per heavy atom. The predicted octanol–water partition coefficient (Wildman–Crippen LogP) is 2.27. The van der Waals surface area contributed by atoms with Crippen molar-refractivity contribution in [1.29, 1.82) is 0 Å². The van der Waals surface area contributed by atoms with Crippen LogP contribution in [-0.4, -0.2) is 44.4 Å². The van der Waals surface area contributed by atoms with E-state index >= 15 is 0 Å². The third-order valence-electron chi connectivity index (χ3n) is 3.42. The van der Waals surface area contributed by atoms with Gasteiger partial charge < -0.3 is 9.47 Å². The average molecular weight is 249 g/mol. The molecule has 0 atom stereocenters. The van der Waals surface area contributed by atoms with E-state index in [1.807, 2.05) is 0 Å². The fourth-order valence-corrected chi connectivity index (χ4v) is 2.20. The van der Waals surface area contributed by atoms with Crippen molar-refractivity contribution >= 4 is 0 Å². The summed E-state index contributed by atoms with van der Waals surface area (Å²) in [6, 6.07) is 6.45. The highest BCUT2D eigenvalue weighted by Crippen LogP contribution is 2.19. The number of ether oxygens (including phenoxy) is 2. The van der Waals surface area contributed by atoms with Crippen LogP contribution < -0.4 is 4.74 Å². The van der Waals surface area contributed by atoms with Gasteiger partial charge in [0.1, 0.15) is 12.4 Å². The summed E-state index contributed by atoms with van der Waals surface area (Å²) < 4.78 is 11.2. The fraction of sp³-hybridized carbons (Fsp3) is 0.600. The van der Waals surface area contributed by atoms with E-state index in [4.69, 9.17) is 9.47 Å². The van der Waals surface area contributed by atoms with Crippen LogP contribution in [0.4, 0.5) is 0 Å². The van der Waals surface area contributed by atoms with E-state index in [1.165, 1.54) is 11.1 Å². The molecule has 0 radical (unpaired) electrons. The highest BCUT2D eigenvalue weighted by atomic mass is 16.5. The van der Waals surface area contributed by atoms with Gasteiger partial charge >= 0.3 is 0 Å². The molecule has 0 aromatic heterocycles. The van der Waals surface area contributed by atoms with Gasteiger partial charge in [-0.25, -0.2) is 0 Å². The molecule has 100 valence electrons. The molecule has 2 rings (SSSR count). The Balaban J connectivity index is 1.79. The molecule has 1 fully saturated rings. The van der Waals surface area contributed by atoms with Gasteiger partial charge in [0.2, 0.25) is 0 Å². The zero-order chi connectivity index (χ0) is 12.8. The molecular formula is C15H23NO2. The minimum Gasteiger partial charge on any atom is -0.492 e. The van der Waals surface area contributed by atoms with Crippen molar-refractivity contribution in [3.8, 4) is 5.75 Å². The van der Waals surface area contributed by atoms with Crippen LogP contribution in [0.15, 0.2) is 18.2 Å². The zero-order valence-corrected chi connectivity index (χ0v) is 11.4. The van der Waals surface area contributed by atoms with E-state index in [2.05, 4.69) is 36.9 Å². The lowest BCUT2D eigenvalue weighted by Gasteiger charge is -2.26. The topological polar surface area (TPSA) is 21.7 Å². The summed E-state index contributed by atoms with van der Waals surface area (Å²) in [7, 11) is 0. The molecule has 1 aliphatic rings. The maximum absolute atomic E-state index is 5.86. The van der Waals surface area contributed by atoms with Crippen molar-refractivity contribution in [3.63, 3.8) is 0 Å². The fourth-order valence-electron chi connectivity index (χ4n) is 2.20. The van der Waals surface area contributed by atoms with Crippen molar-refractivity contribution in [2.75, 3.05) is 39.5 Å². The number of morpholine rings is 1. The summed E-state index contributed by atoms with van der Waals surface area (Å²) >= 11 is 0. The van der Waals surface area contributed by atoms with Gasteiger partial charge in [-0.15, -0.1) is 0 Å². The normalized spacial score (nSPS) is 16.8. The summed E-state index contributed by atoms with van der Waals surface area (Å²) in [5, 5.41) is 0. The number of hydrogen-bond donors (Lipinski definition) is 0. The molecule has 1 aromatic rings. The molecule has 1 aliphatic heterocycles. The molecular weight excluding hydrogens is 226 g/mol. The Labute approximate surface area is 110 Å². The number of rotatable bonds is 5. The van der Waals surface area contributed by atoms with Gasteiger partial charge in [-0.1, -0.05) is 19.1 Å². The molecule has 0 unspecified atom stereocenters. The van der Waals surface area contributed by atoms with Crippen LogP contribution in [0.2, 0.25) is 0 Å². The van der Waals surface area contributed by atoms with Crippen LogP contribution in [0.25, 0.3) is 0 Å². The van der Waals surface area contributed by atoms with E-state index in [-0.39, 0.29) is 0 Å². The number of hydrogen-bond acceptors (Lipinski definition) is 3. The second kappa shape index (κ2) is 6.76. The first-order chi connectivity index (χ1) is 8.79. The van der Waals surface area contributed by atoms with Gasteiger partial charge in [0.05, 0.1) is 13.2 Å². The molecule has 3 heteroatoms. The zero-order valence-electron chi connectivity index (χ0n) is 11.4. The summed E-state index contributed by atoms with van der Waals surface area (Å²) in [6.07, 6.45) is 1.08. The third-order valence-corrected chi connectivity index (χ3v) is 3.42. The molecule has 0 bridgehead atoms. The van der Waals surface area contributed by atoms with Gasteiger partial charge in [0.25, 0.3) is 0 Å². The monoisotopic (exact) mass is 249 g/mol. The van der Waals surface area contributed by atoms with Gasteiger partial charge in [0.15, 0.2) is 0 Å². The van der Waals surface area contributed by atoms with Crippen molar-refractivity contribution in [1.82, 2.24) is 4.90 Å². The van der Waals surface area contributed by atoms with Gasteiger partial charge in [-0.3, -0.25) is 4.90 Å². The lowest BCUT2D eigenvalue weighted by molar-refractivity contribution is 0.0322. The molecule has 3 nitrogen and oxygen atoms in total. The highest BCUT2D eigenvalue weighted by molar-refractivity contribution is 5.36. The number of benzene rings is 1. The molecule has 0 aliphatic carbocycles. The molecule has 18 heavy (non-hydrogen) atoms. The molecule has 0 saturated carbocycles. The van der Waals surface area contributed by atoms with E-state index in [1.54, 1.807) is 0 Å². The Kier molecular flexibility index (Phi) is 5.02. The SMILES string of the molecule is CCc1ccc(OCCN2CCOCC2)c(C)c1. The maximum atomic E-state index is 5.86. The minimum absolute atomic E-state index is 0.756. The second-order valence-corrected chi connectivity index (χ2v) is 4.76. The molecule has 1 saturated heterocycles. The standard InChI is InChI=1S/C15H23NO2/c1-3-14-4-5-15(13(2)12-14)18-11-8-16-6-9-17-10-7-16/h4-5,12H,3,6-11H2,1-2H3. The van der Waals surface area contributed by atoms with Crippen molar-refractivity contribution in [2.24, 2.45) is 0 Å². The molecule has 0 N–H and O–H groups in total. The second-order valence-electron chi connectivity index (χ2n) is 4.76. The van der Waals surface area contributed by atoms with Crippen LogP contribution in [-0.2, 0) is 11.2 Å². The quantitative estimate of drug-likeness (QED) is 0.799. The van der Waals surface area contributed by atoms with Crippen molar-refractivity contribution in [3.05, 3.63) is 29.3 Å². The molecule has 0 amide bonds. The van der Waals surface area contributed by atoms with Crippen LogP contribution in [0.3, 0.4) is 0 Å². The van der Waals surface area contributed by atoms with Gasteiger partial charge in [0, 0.05) is 19.6 Å². The van der Waals surface area contributed by atoms with Crippen molar-refractivity contribution < 1.29 is 9.47 Å². The third kappa shape index (κ3) is 3.72. The Morgan fingerprint density at radius 2 is 2.06 bits per heavy atom. The summed E-state index contributed by atoms with van der Waals surface area (Å²) in [5.74, 6) is 1.01. The van der Waals surface area contributed by atoms with Gasteiger partial charge in [-0.2, -0.15) is 0 Å². The molecule has 0 spiro atoms. The predicted molar refractivity (Wildman–Crippen MR) is 73.3 cm³/mol. The van der Waals surface area contributed by atoms with Crippen LogP contribution >= 0.6 is 0 Å². The largest absolute Gasteiger partial charge is 0.492 e. The first-order valence-corrected chi connectivity index (χ1v) is 6.82. The Hall–Kier alpha value is -1.06. The van der Waals surface area contributed by atoms with Gasteiger partial charge in [-0.05, 0) is 30.5 Å². The first-order valence-electron chi connectivity index (χ1n) is 6.82. The van der Waals surface area contributed by atoms with E-state index in [0.717, 1.165) is 51.6 Å². The minimum atomic E-state index is 0.756. The lowest BCUT2D eigenvalue weighted by Crippen LogP contribution is -2.38. The van der Waals surface area contributed by atoms with E-state index in [9.17, 15) is 0 Å². The smallest absolute Gasteiger partial charge is 0.122 e. The Bertz CT molecular complexity index is 373. The maximum Gasteiger partial charge on any atom is 0.122 e. The summed E-state index contributed by atoms with van der Waals surface area (Å²) in [6.45, 7) is 9.78. The number of aryl methyl sites for hydroxylation is 2. The van der Waals surface area contributed by atoms with Crippen LogP contribution in [0, 0.1) is 6.92 Å². The Morgan fingerprint density at radius 1 is 1.28 bits per heavy atom.